The summed E-state index contributed by atoms with van der Waals surface area (Å²) in [7, 11) is 0. The molecule has 1 aromatic rings. The Morgan fingerprint density at radius 2 is 1.94 bits per heavy atom. The molecule has 2 heteroatoms. The Labute approximate surface area is 102 Å². The normalized spacial score (nSPS) is 14.2. The van der Waals surface area contributed by atoms with E-state index in [0.29, 0.717) is 17.9 Å². The predicted octanol–water partition coefficient (Wildman–Crippen LogP) is 3.97. The van der Waals surface area contributed by atoms with Gasteiger partial charge >= 0.3 is 0 Å². The van der Waals surface area contributed by atoms with Crippen molar-refractivity contribution in [3.05, 3.63) is 47.5 Å². The maximum atomic E-state index is 11.7. The second-order valence-corrected chi connectivity index (χ2v) is 5.01. The van der Waals surface area contributed by atoms with Crippen LogP contribution in [0, 0.1) is 5.41 Å². The third-order valence-electron chi connectivity index (χ3n) is 2.87. The monoisotopic (exact) mass is 236 g/mol. The van der Waals surface area contributed by atoms with Gasteiger partial charge in [0.1, 0.15) is 5.78 Å². The molecule has 0 aliphatic rings. The summed E-state index contributed by atoms with van der Waals surface area (Å²) in [4.78, 5) is 11.7. The van der Waals surface area contributed by atoms with E-state index in [0.717, 1.165) is 5.56 Å². The maximum absolute atomic E-state index is 11.7. The molecule has 86 valence electrons. The molecule has 0 heterocycles. The Kier molecular flexibility index (Phi) is 4.31. The van der Waals surface area contributed by atoms with Gasteiger partial charge in [0.05, 0.1) is 0 Å². The highest BCUT2D eigenvalue weighted by Gasteiger charge is 2.30. The quantitative estimate of drug-likeness (QED) is 0.756. The first kappa shape index (κ1) is 13.0. The molecule has 1 atom stereocenters. The zero-order valence-corrected chi connectivity index (χ0v) is 10.6. The number of rotatable bonds is 5. The molecule has 1 rings (SSSR count). The van der Waals surface area contributed by atoms with Crippen molar-refractivity contribution in [2.75, 3.05) is 0 Å². The van der Waals surface area contributed by atoms with Crippen LogP contribution in [-0.2, 0) is 11.2 Å². The van der Waals surface area contributed by atoms with Crippen LogP contribution in [0.1, 0.15) is 25.8 Å². The van der Waals surface area contributed by atoms with E-state index in [1.54, 1.807) is 6.92 Å². The average Bonchev–Trinajstić information content (AvgIpc) is 2.17. The summed E-state index contributed by atoms with van der Waals surface area (Å²) >= 11 is 5.83. The first-order chi connectivity index (χ1) is 7.44. The Hall–Kier alpha value is -1.08. The van der Waals surface area contributed by atoms with Gasteiger partial charge in [0.15, 0.2) is 0 Å². The van der Waals surface area contributed by atoms with Crippen LogP contribution in [0.5, 0.6) is 0 Å². The Balaban J connectivity index is 2.87. The van der Waals surface area contributed by atoms with Crippen molar-refractivity contribution in [2.45, 2.75) is 26.7 Å². The zero-order valence-electron chi connectivity index (χ0n) is 9.79. The van der Waals surface area contributed by atoms with Crippen molar-refractivity contribution in [3.63, 3.8) is 0 Å². The van der Waals surface area contributed by atoms with Gasteiger partial charge in [-0.15, -0.1) is 0 Å². The summed E-state index contributed by atoms with van der Waals surface area (Å²) in [6.07, 6.45) is 1.23. The Morgan fingerprint density at radius 1 is 1.38 bits per heavy atom. The van der Waals surface area contributed by atoms with Crippen LogP contribution in [0.25, 0.3) is 0 Å². The van der Waals surface area contributed by atoms with Crippen molar-refractivity contribution in [3.8, 4) is 0 Å². The fraction of sp³-hybridized carbons (Fsp3) is 0.357. The van der Waals surface area contributed by atoms with Gasteiger partial charge in [0, 0.05) is 10.4 Å². The van der Waals surface area contributed by atoms with Crippen molar-refractivity contribution < 1.29 is 4.79 Å². The number of carbonyl (C=O) groups excluding carboxylic acids is 1. The molecule has 0 aromatic heterocycles. The van der Waals surface area contributed by atoms with Gasteiger partial charge in [-0.25, -0.2) is 0 Å². The lowest BCUT2D eigenvalue weighted by atomic mass is 9.77. The van der Waals surface area contributed by atoms with Crippen LogP contribution >= 0.6 is 11.6 Å². The summed E-state index contributed by atoms with van der Waals surface area (Å²) in [5.74, 6) is 0.151. The van der Waals surface area contributed by atoms with Gasteiger partial charge in [-0.3, -0.25) is 4.79 Å². The number of ketones is 1. The van der Waals surface area contributed by atoms with Crippen LogP contribution in [0.15, 0.2) is 41.9 Å². The molecule has 0 amide bonds. The van der Waals surface area contributed by atoms with Gasteiger partial charge < -0.3 is 0 Å². The van der Waals surface area contributed by atoms with E-state index in [-0.39, 0.29) is 5.78 Å². The minimum Gasteiger partial charge on any atom is -0.299 e. The molecule has 0 spiro atoms. The summed E-state index contributed by atoms with van der Waals surface area (Å²) < 4.78 is 0. The minimum absolute atomic E-state index is 0.151. The molecule has 0 N–H and O–H groups in total. The van der Waals surface area contributed by atoms with Crippen molar-refractivity contribution in [2.24, 2.45) is 5.41 Å². The van der Waals surface area contributed by atoms with Crippen LogP contribution < -0.4 is 0 Å². The largest absolute Gasteiger partial charge is 0.299 e. The standard InChI is InChI=1S/C14H17ClO/c1-11(15)9-14(3,12(2)16)10-13-7-5-4-6-8-13/h4-8H,1,9-10H2,2-3H3. The molecule has 0 bridgehead atoms. The topological polar surface area (TPSA) is 17.1 Å². The van der Waals surface area contributed by atoms with Gasteiger partial charge in [-0.2, -0.15) is 0 Å². The molecule has 0 fully saturated rings. The van der Waals surface area contributed by atoms with Crippen molar-refractivity contribution in [1.29, 1.82) is 0 Å². The van der Waals surface area contributed by atoms with E-state index in [4.69, 9.17) is 11.6 Å². The molecular formula is C14H17ClO. The van der Waals surface area contributed by atoms with Gasteiger partial charge in [0.25, 0.3) is 0 Å². The SMILES string of the molecule is C=C(Cl)CC(C)(Cc1ccccc1)C(C)=O. The molecule has 0 aliphatic heterocycles. The highest BCUT2D eigenvalue weighted by atomic mass is 35.5. The lowest BCUT2D eigenvalue weighted by molar-refractivity contribution is -0.125. The van der Waals surface area contributed by atoms with E-state index >= 15 is 0 Å². The first-order valence-electron chi connectivity index (χ1n) is 5.32. The Bertz CT molecular complexity index is 383. The number of hydrogen-bond donors (Lipinski definition) is 0. The van der Waals surface area contributed by atoms with Crippen molar-refractivity contribution >= 4 is 17.4 Å². The fourth-order valence-corrected chi connectivity index (χ4v) is 2.08. The number of allylic oxidation sites excluding steroid dienone is 1. The molecule has 0 saturated carbocycles. The van der Waals surface area contributed by atoms with Crippen LogP contribution in [0.3, 0.4) is 0 Å². The third kappa shape index (κ3) is 3.49. The van der Waals surface area contributed by atoms with Gasteiger partial charge in [-0.05, 0) is 25.3 Å². The number of halogens is 1. The van der Waals surface area contributed by atoms with Crippen LogP contribution in [-0.4, -0.2) is 5.78 Å². The maximum Gasteiger partial charge on any atom is 0.136 e. The summed E-state index contributed by atoms with van der Waals surface area (Å²) in [6, 6.07) is 9.97. The van der Waals surface area contributed by atoms with E-state index in [1.165, 1.54) is 0 Å². The summed E-state index contributed by atoms with van der Waals surface area (Å²) in [6.45, 7) is 7.23. The van der Waals surface area contributed by atoms with E-state index < -0.39 is 5.41 Å². The van der Waals surface area contributed by atoms with Gasteiger partial charge in [-0.1, -0.05) is 55.4 Å². The molecule has 16 heavy (non-hydrogen) atoms. The lowest BCUT2D eigenvalue weighted by Gasteiger charge is -2.26. The van der Waals surface area contributed by atoms with Crippen LogP contribution in [0.4, 0.5) is 0 Å². The van der Waals surface area contributed by atoms with E-state index in [2.05, 4.69) is 6.58 Å². The lowest BCUT2D eigenvalue weighted by Crippen LogP contribution is -2.28. The second-order valence-electron chi connectivity index (χ2n) is 4.47. The molecule has 1 aromatic carbocycles. The number of Topliss-reactive ketones (excluding diaryl/α,β-unsaturated/α-hetero) is 1. The van der Waals surface area contributed by atoms with Gasteiger partial charge in [0.2, 0.25) is 0 Å². The summed E-state index contributed by atoms with van der Waals surface area (Å²) in [5.41, 5.74) is 0.707. The highest BCUT2D eigenvalue weighted by Crippen LogP contribution is 2.32. The second kappa shape index (κ2) is 5.31. The molecule has 0 aliphatic carbocycles. The summed E-state index contributed by atoms with van der Waals surface area (Å²) in [5, 5.41) is 0.536. The number of hydrogen-bond acceptors (Lipinski definition) is 1. The first-order valence-corrected chi connectivity index (χ1v) is 5.70. The van der Waals surface area contributed by atoms with E-state index in [1.807, 2.05) is 37.3 Å². The predicted molar refractivity (Wildman–Crippen MR) is 68.5 cm³/mol. The highest BCUT2D eigenvalue weighted by molar-refractivity contribution is 6.29. The molecule has 1 unspecified atom stereocenters. The fourth-order valence-electron chi connectivity index (χ4n) is 1.78. The van der Waals surface area contributed by atoms with E-state index in [9.17, 15) is 4.79 Å². The number of carbonyl (C=O) groups is 1. The number of benzene rings is 1. The van der Waals surface area contributed by atoms with Crippen molar-refractivity contribution in [1.82, 2.24) is 0 Å². The minimum atomic E-state index is -0.444. The molecule has 0 saturated heterocycles. The van der Waals surface area contributed by atoms with Crippen LogP contribution in [0.2, 0.25) is 0 Å². The smallest absolute Gasteiger partial charge is 0.136 e. The average molecular weight is 237 g/mol. The molecule has 1 nitrogen and oxygen atoms in total. The molecular weight excluding hydrogens is 220 g/mol. The third-order valence-corrected chi connectivity index (χ3v) is 3.00. The molecule has 0 radical (unpaired) electrons. The Morgan fingerprint density at radius 3 is 2.38 bits per heavy atom. The zero-order chi connectivity index (χ0) is 12.2.